The molecule has 0 bridgehead atoms. The molecule has 5 nitrogen and oxygen atoms in total. The van der Waals surface area contributed by atoms with Gasteiger partial charge in [-0.15, -0.1) is 0 Å². The van der Waals surface area contributed by atoms with Crippen molar-refractivity contribution in [1.82, 2.24) is 10.6 Å². The second-order valence-corrected chi connectivity index (χ2v) is 4.71. The summed E-state index contributed by atoms with van der Waals surface area (Å²) in [5, 5.41) is 14.1. The van der Waals surface area contributed by atoms with Crippen molar-refractivity contribution >= 4 is 12.0 Å². The molecule has 5 heteroatoms. The summed E-state index contributed by atoms with van der Waals surface area (Å²) >= 11 is 0. The molecule has 0 spiro atoms. The van der Waals surface area contributed by atoms with E-state index in [1.165, 1.54) is 0 Å². The van der Waals surface area contributed by atoms with Crippen molar-refractivity contribution in [2.75, 3.05) is 6.54 Å². The monoisotopic (exact) mass is 250 g/mol. The number of aliphatic carboxylic acids is 1. The van der Waals surface area contributed by atoms with Gasteiger partial charge in [0, 0.05) is 13.1 Å². The first-order valence-corrected chi connectivity index (χ1v) is 5.71. The van der Waals surface area contributed by atoms with Crippen molar-refractivity contribution < 1.29 is 14.7 Å². The molecule has 0 heterocycles. The average Bonchev–Trinajstić information content (AvgIpc) is 2.35. The fourth-order valence-electron chi connectivity index (χ4n) is 1.22. The smallest absolute Gasteiger partial charge is 0.315 e. The Kier molecular flexibility index (Phi) is 4.71. The van der Waals surface area contributed by atoms with Crippen LogP contribution in [0.25, 0.3) is 0 Å². The van der Waals surface area contributed by atoms with Gasteiger partial charge in [-0.1, -0.05) is 30.3 Å². The Labute approximate surface area is 106 Å². The van der Waals surface area contributed by atoms with E-state index in [4.69, 9.17) is 5.11 Å². The summed E-state index contributed by atoms with van der Waals surface area (Å²) in [5.74, 6) is -0.939. The van der Waals surface area contributed by atoms with Crippen molar-refractivity contribution in [2.24, 2.45) is 5.41 Å². The summed E-state index contributed by atoms with van der Waals surface area (Å²) in [6.07, 6.45) is 0. The lowest BCUT2D eigenvalue weighted by Gasteiger charge is -2.19. The number of hydrogen-bond donors (Lipinski definition) is 3. The van der Waals surface area contributed by atoms with Gasteiger partial charge in [0.05, 0.1) is 5.41 Å². The predicted octanol–water partition coefficient (Wildman–Crippen LogP) is 1.60. The molecule has 0 fully saturated rings. The number of hydrogen-bond acceptors (Lipinski definition) is 2. The zero-order chi connectivity index (χ0) is 13.6. The third kappa shape index (κ3) is 4.45. The molecule has 0 radical (unpaired) electrons. The normalized spacial score (nSPS) is 10.8. The summed E-state index contributed by atoms with van der Waals surface area (Å²) in [6.45, 7) is 3.63. The number of carbonyl (C=O) groups excluding carboxylic acids is 1. The molecule has 0 aliphatic heterocycles. The van der Waals surface area contributed by atoms with Crippen molar-refractivity contribution in [1.29, 1.82) is 0 Å². The largest absolute Gasteiger partial charge is 0.481 e. The highest BCUT2D eigenvalue weighted by atomic mass is 16.4. The summed E-state index contributed by atoms with van der Waals surface area (Å²) in [7, 11) is 0. The molecule has 1 rings (SSSR count). The zero-order valence-electron chi connectivity index (χ0n) is 10.6. The summed E-state index contributed by atoms with van der Waals surface area (Å²) in [5.41, 5.74) is 0.0227. The number of rotatable bonds is 5. The molecular weight excluding hydrogens is 232 g/mol. The van der Waals surface area contributed by atoms with Crippen LogP contribution < -0.4 is 10.6 Å². The molecule has 0 saturated heterocycles. The van der Waals surface area contributed by atoms with Crippen LogP contribution >= 0.6 is 0 Å². The van der Waals surface area contributed by atoms with Crippen LogP contribution in [0.3, 0.4) is 0 Å². The third-order valence-corrected chi connectivity index (χ3v) is 2.57. The number of nitrogens with one attached hydrogen (secondary N) is 2. The molecule has 3 N–H and O–H groups in total. The van der Waals surface area contributed by atoms with Crippen LogP contribution in [0.15, 0.2) is 30.3 Å². The minimum absolute atomic E-state index is 0.0863. The van der Waals surface area contributed by atoms with Crippen LogP contribution in [0.2, 0.25) is 0 Å². The van der Waals surface area contributed by atoms with Gasteiger partial charge in [-0.25, -0.2) is 4.79 Å². The molecule has 0 aliphatic rings. The molecular formula is C13H18N2O3. The van der Waals surface area contributed by atoms with E-state index >= 15 is 0 Å². The molecule has 0 unspecified atom stereocenters. The van der Waals surface area contributed by atoms with E-state index in [2.05, 4.69) is 10.6 Å². The molecule has 98 valence electrons. The van der Waals surface area contributed by atoms with Gasteiger partial charge in [0.2, 0.25) is 0 Å². The Hall–Kier alpha value is -2.04. The van der Waals surface area contributed by atoms with Crippen molar-refractivity contribution in [3.8, 4) is 0 Å². The van der Waals surface area contributed by atoms with Gasteiger partial charge < -0.3 is 15.7 Å². The Morgan fingerprint density at radius 1 is 1.17 bits per heavy atom. The van der Waals surface area contributed by atoms with E-state index < -0.39 is 11.4 Å². The first-order chi connectivity index (χ1) is 8.42. The summed E-state index contributed by atoms with van der Waals surface area (Å²) in [4.78, 5) is 22.3. The standard InChI is InChI=1S/C13H18N2O3/c1-13(2,11(16)17)9-15-12(18)14-8-10-6-4-3-5-7-10/h3-7H,8-9H2,1-2H3,(H,16,17)(H2,14,15,18). The van der Waals surface area contributed by atoms with Crippen LogP contribution in [0.1, 0.15) is 19.4 Å². The number of urea groups is 1. The van der Waals surface area contributed by atoms with Gasteiger partial charge in [0.25, 0.3) is 0 Å². The van der Waals surface area contributed by atoms with E-state index in [0.717, 1.165) is 5.56 Å². The van der Waals surface area contributed by atoms with Gasteiger partial charge in [0.1, 0.15) is 0 Å². The van der Waals surface area contributed by atoms with Crippen molar-refractivity contribution in [2.45, 2.75) is 20.4 Å². The van der Waals surface area contributed by atoms with Gasteiger partial charge in [-0.2, -0.15) is 0 Å². The first kappa shape index (κ1) is 14.0. The fourth-order valence-corrected chi connectivity index (χ4v) is 1.22. The SMILES string of the molecule is CC(C)(CNC(=O)NCc1ccccc1)C(=O)O. The van der Waals surface area contributed by atoms with E-state index in [1.807, 2.05) is 30.3 Å². The quantitative estimate of drug-likeness (QED) is 0.742. The lowest BCUT2D eigenvalue weighted by atomic mass is 9.94. The molecule has 0 aromatic heterocycles. The second kappa shape index (κ2) is 6.05. The highest BCUT2D eigenvalue weighted by Gasteiger charge is 2.27. The predicted molar refractivity (Wildman–Crippen MR) is 68.1 cm³/mol. The van der Waals surface area contributed by atoms with Crippen molar-refractivity contribution in [3.63, 3.8) is 0 Å². The van der Waals surface area contributed by atoms with Crippen LogP contribution in [-0.2, 0) is 11.3 Å². The van der Waals surface area contributed by atoms with Gasteiger partial charge >= 0.3 is 12.0 Å². The lowest BCUT2D eigenvalue weighted by Crippen LogP contribution is -2.43. The zero-order valence-corrected chi connectivity index (χ0v) is 10.6. The number of carboxylic acid groups (broad SMARTS) is 1. The number of carboxylic acids is 1. The second-order valence-electron chi connectivity index (χ2n) is 4.71. The minimum atomic E-state index is -0.968. The Balaban J connectivity index is 2.33. The van der Waals surface area contributed by atoms with Gasteiger partial charge in [-0.3, -0.25) is 4.79 Å². The lowest BCUT2D eigenvalue weighted by molar-refractivity contribution is -0.146. The number of amides is 2. The van der Waals surface area contributed by atoms with Crippen LogP contribution in [0.4, 0.5) is 4.79 Å². The van der Waals surface area contributed by atoms with E-state index in [1.54, 1.807) is 13.8 Å². The molecule has 0 atom stereocenters. The molecule has 0 saturated carbocycles. The van der Waals surface area contributed by atoms with E-state index in [9.17, 15) is 9.59 Å². The van der Waals surface area contributed by atoms with E-state index in [0.29, 0.717) is 6.54 Å². The van der Waals surface area contributed by atoms with E-state index in [-0.39, 0.29) is 12.6 Å². The molecule has 1 aromatic carbocycles. The van der Waals surface area contributed by atoms with Gasteiger partial charge in [-0.05, 0) is 19.4 Å². The summed E-state index contributed by atoms with van der Waals surface area (Å²) < 4.78 is 0. The average molecular weight is 250 g/mol. The topological polar surface area (TPSA) is 78.4 Å². The Morgan fingerprint density at radius 2 is 1.78 bits per heavy atom. The van der Waals surface area contributed by atoms with Crippen molar-refractivity contribution in [3.05, 3.63) is 35.9 Å². The maximum absolute atomic E-state index is 11.5. The fraction of sp³-hybridized carbons (Fsp3) is 0.385. The Bertz CT molecular complexity index is 416. The van der Waals surface area contributed by atoms with Crippen LogP contribution in [0, 0.1) is 5.41 Å². The molecule has 2 amide bonds. The maximum Gasteiger partial charge on any atom is 0.315 e. The third-order valence-electron chi connectivity index (χ3n) is 2.57. The van der Waals surface area contributed by atoms with Gasteiger partial charge in [0.15, 0.2) is 0 Å². The first-order valence-electron chi connectivity index (χ1n) is 5.71. The molecule has 1 aromatic rings. The maximum atomic E-state index is 11.5. The highest BCUT2D eigenvalue weighted by molar-refractivity contribution is 5.77. The molecule has 18 heavy (non-hydrogen) atoms. The Morgan fingerprint density at radius 3 is 2.33 bits per heavy atom. The van der Waals surface area contributed by atoms with Crippen LogP contribution in [-0.4, -0.2) is 23.7 Å². The highest BCUT2D eigenvalue weighted by Crippen LogP contribution is 2.12. The number of carbonyl (C=O) groups is 2. The number of benzene rings is 1. The minimum Gasteiger partial charge on any atom is -0.481 e. The van der Waals surface area contributed by atoms with Crippen LogP contribution in [0.5, 0.6) is 0 Å². The molecule has 0 aliphatic carbocycles. The summed E-state index contributed by atoms with van der Waals surface area (Å²) in [6, 6.07) is 9.13.